The van der Waals surface area contributed by atoms with Gasteiger partial charge in [0.25, 0.3) is 11.8 Å². The highest BCUT2D eigenvalue weighted by molar-refractivity contribution is 6.07. The third-order valence-electron chi connectivity index (χ3n) is 8.21. The summed E-state index contributed by atoms with van der Waals surface area (Å²) in [4.78, 5) is 30.0. The van der Waals surface area contributed by atoms with E-state index in [2.05, 4.69) is 10.6 Å². The quantitative estimate of drug-likeness (QED) is 0.247. The summed E-state index contributed by atoms with van der Waals surface area (Å²) in [5.74, 6) is -7.43. The molecule has 6 nitrogen and oxygen atoms in total. The van der Waals surface area contributed by atoms with Gasteiger partial charge in [0, 0.05) is 42.3 Å². The number of likely N-dealkylation sites (N-methyl/N-ethyl adjacent to an activating group) is 1. The van der Waals surface area contributed by atoms with Crippen molar-refractivity contribution in [2.75, 3.05) is 36.9 Å². The number of nitrogens with zero attached hydrogens (tertiary/aromatic N) is 2. The predicted molar refractivity (Wildman–Crippen MR) is 171 cm³/mol. The summed E-state index contributed by atoms with van der Waals surface area (Å²) in [6, 6.07) is 5.57. The van der Waals surface area contributed by atoms with Gasteiger partial charge in [-0.1, -0.05) is 26.8 Å². The van der Waals surface area contributed by atoms with E-state index in [4.69, 9.17) is 0 Å². The number of amides is 2. The minimum atomic E-state index is -5.07. The van der Waals surface area contributed by atoms with Crippen molar-refractivity contribution in [2.45, 2.75) is 65.7 Å². The Morgan fingerprint density at radius 1 is 0.833 bits per heavy atom. The molecule has 0 bridgehead atoms. The first-order chi connectivity index (χ1) is 22.1. The second-order valence-electron chi connectivity index (χ2n) is 14.1. The van der Waals surface area contributed by atoms with Crippen LogP contribution < -0.4 is 15.5 Å². The van der Waals surface area contributed by atoms with E-state index >= 15 is 13.2 Å². The molecule has 1 heterocycles. The Bertz CT molecular complexity index is 1720. The van der Waals surface area contributed by atoms with Gasteiger partial charge >= 0.3 is 6.18 Å². The number of anilines is 2. The van der Waals surface area contributed by atoms with E-state index in [0.29, 0.717) is 38.2 Å². The third-order valence-corrected chi connectivity index (χ3v) is 8.21. The Balaban J connectivity index is 1.78. The minimum Gasteiger partial charge on any atom is -0.367 e. The first-order valence-electron chi connectivity index (χ1n) is 15.4. The molecule has 48 heavy (non-hydrogen) atoms. The Kier molecular flexibility index (Phi) is 10.3. The molecule has 0 aliphatic carbocycles. The zero-order valence-corrected chi connectivity index (χ0v) is 27.8. The van der Waals surface area contributed by atoms with E-state index in [9.17, 15) is 27.2 Å². The summed E-state index contributed by atoms with van der Waals surface area (Å²) in [6.07, 6.45) is -4.55. The van der Waals surface area contributed by atoms with Crippen molar-refractivity contribution in [1.82, 2.24) is 10.2 Å². The molecule has 0 saturated carbocycles. The maximum atomic E-state index is 15.8. The number of carbonyl (C=O) groups is 2. The summed E-state index contributed by atoms with van der Waals surface area (Å²) < 4.78 is 102. The van der Waals surface area contributed by atoms with Crippen molar-refractivity contribution < 1.29 is 40.3 Å². The monoisotopic (exact) mass is 680 g/mol. The average Bonchev–Trinajstić information content (AvgIpc) is 2.94. The van der Waals surface area contributed by atoms with Crippen LogP contribution in [0.4, 0.5) is 42.1 Å². The molecular weight excluding hydrogens is 641 g/mol. The van der Waals surface area contributed by atoms with Crippen LogP contribution in [0.15, 0.2) is 42.5 Å². The molecule has 3 aromatic carbocycles. The normalized spacial score (nSPS) is 16.2. The molecule has 1 aliphatic rings. The van der Waals surface area contributed by atoms with E-state index in [-0.39, 0.29) is 28.9 Å². The summed E-state index contributed by atoms with van der Waals surface area (Å²) in [6.45, 7) is 12.5. The topological polar surface area (TPSA) is 64.7 Å². The molecule has 260 valence electrons. The molecule has 13 heteroatoms. The maximum Gasteiger partial charge on any atom is 0.417 e. The highest BCUT2D eigenvalue weighted by atomic mass is 19.4. The lowest BCUT2D eigenvalue weighted by Crippen LogP contribution is -2.50. The van der Waals surface area contributed by atoms with Crippen molar-refractivity contribution in [3.8, 4) is 11.1 Å². The molecule has 1 saturated heterocycles. The first-order valence-corrected chi connectivity index (χ1v) is 15.4. The SMILES string of the molecule is C[C@@H]1CN(c2cc(F)c(-c3ccc(C(=O)NC(C)(C)CC(C)(C)C)c(F)c3F)cc2NC(=O)c2ccc(F)cc2C(F)(F)F)CCN1C. The lowest BCUT2D eigenvalue weighted by molar-refractivity contribution is -0.138. The van der Waals surface area contributed by atoms with E-state index in [1.165, 1.54) is 0 Å². The van der Waals surface area contributed by atoms with Crippen LogP contribution in [0.5, 0.6) is 0 Å². The Morgan fingerprint density at radius 3 is 2.08 bits per heavy atom. The van der Waals surface area contributed by atoms with E-state index < -0.39 is 74.6 Å². The largest absolute Gasteiger partial charge is 0.417 e. The van der Waals surface area contributed by atoms with Crippen LogP contribution >= 0.6 is 0 Å². The van der Waals surface area contributed by atoms with Crippen molar-refractivity contribution in [1.29, 1.82) is 0 Å². The highest BCUT2D eigenvalue weighted by Gasteiger charge is 2.36. The third kappa shape index (κ3) is 8.29. The molecule has 0 unspecified atom stereocenters. The van der Waals surface area contributed by atoms with Gasteiger partial charge in [0.15, 0.2) is 11.6 Å². The van der Waals surface area contributed by atoms with Crippen molar-refractivity contribution >= 4 is 23.2 Å². The summed E-state index contributed by atoms with van der Waals surface area (Å²) >= 11 is 0. The number of rotatable bonds is 7. The number of nitrogens with one attached hydrogen (secondary N) is 2. The fourth-order valence-electron chi connectivity index (χ4n) is 6.21. The summed E-state index contributed by atoms with van der Waals surface area (Å²) in [5, 5.41) is 5.07. The second kappa shape index (κ2) is 13.4. The van der Waals surface area contributed by atoms with Gasteiger partial charge in [-0.3, -0.25) is 9.59 Å². The van der Waals surface area contributed by atoms with Crippen LogP contribution in [0, 0.1) is 28.7 Å². The van der Waals surface area contributed by atoms with Crippen LogP contribution in [0.2, 0.25) is 0 Å². The number of carbonyl (C=O) groups excluding carboxylic acids is 2. The lowest BCUT2D eigenvalue weighted by Gasteiger charge is -2.39. The number of alkyl halides is 3. The van der Waals surface area contributed by atoms with Crippen LogP contribution in [0.3, 0.4) is 0 Å². The average molecular weight is 681 g/mol. The highest BCUT2D eigenvalue weighted by Crippen LogP contribution is 2.39. The first kappa shape index (κ1) is 36.7. The van der Waals surface area contributed by atoms with Gasteiger partial charge in [-0.15, -0.1) is 0 Å². The molecule has 0 radical (unpaired) electrons. The number of hydrogen-bond acceptors (Lipinski definition) is 4. The lowest BCUT2D eigenvalue weighted by atomic mass is 9.81. The standard InChI is InChI=1S/C35H39F7N4O2/c1-19-17-46(13-12-45(19)7)28-16-26(37)24(15-27(28)43-31(47)22-9-8-20(36)14-25(22)35(40,41)42)21-10-11-23(30(39)29(21)38)32(48)44-34(5,6)18-33(2,3)4/h8-11,14-16,19H,12-13,17-18H2,1-7H3,(H,43,47)(H,44,48)/t19-/m1/s1. The van der Waals surface area contributed by atoms with Gasteiger partial charge < -0.3 is 20.4 Å². The molecule has 1 atom stereocenters. The van der Waals surface area contributed by atoms with Gasteiger partial charge in [-0.05, 0) is 76.1 Å². The van der Waals surface area contributed by atoms with Crippen LogP contribution in [0.1, 0.15) is 74.2 Å². The van der Waals surface area contributed by atoms with E-state index in [1.54, 1.807) is 18.7 Å². The van der Waals surface area contributed by atoms with Gasteiger partial charge in [0.1, 0.15) is 11.6 Å². The smallest absolute Gasteiger partial charge is 0.367 e. The number of halogens is 7. The maximum absolute atomic E-state index is 15.8. The molecule has 3 aromatic rings. The number of piperazine rings is 1. The molecule has 4 rings (SSSR count). The van der Waals surface area contributed by atoms with Crippen molar-refractivity contribution in [3.05, 3.63) is 82.4 Å². The van der Waals surface area contributed by atoms with Crippen LogP contribution in [0.25, 0.3) is 11.1 Å². The van der Waals surface area contributed by atoms with Gasteiger partial charge in [0.2, 0.25) is 0 Å². The Morgan fingerprint density at radius 2 is 1.48 bits per heavy atom. The zero-order valence-electron chi connectivity index (χ0n) is 27.8. The molecule has 0 aromatic heterocycles. The van der Waals surface area contributed by atoms with Gasteiger partial charge in [-0.2, -0.15) is 13.2 Å². The zero-order chi connectivity index (χ0) is 35.9. The summed E-state index contributed by atoms with van der Waals surface area (Å²) in [7, 11) is 1.88. The van der Waals surface area contributed by atoms with Crippen LogP contribution in [-0.2, 0) is 6.18 Å². The fourth-order valence-corrected chi connectivity index (χ4v) is 6.21. The Labute approximate surface area is 275 Å². The van der Waals surface area contributed by atoms with Gasteiger partial charge in [0.05, 0.1) is 28.1 Å². The second-order valence-corrected chi connectivity index (χ2v) is 14.1. The van der Waals surface area contributed by atoms with Crippen molar-refractivity contribution in [2.24, 2.45) is 5.41 Å². The van der Waals surface area contributed by atoms with Crippen LogP contribution in [-0.4, -0.2) is 55.0 Å². The Hall–Kier alpha value is -4.13. The molecule has 2 N–H and O–H groups in total. The van der Waals surface area contributed by atoms with E-state index in [0.717, 1.165) is 24.3 Å². The van der Waals surface area contributed by atoms with E-state index in [1.807, 2.05) is 39.6 Å². The molecule has 1 fully saturated rings. The number of benzene rings is 3. The molecule has 1 aliphatic heterocycles. The molecular formula is C35H39F7N4O2. The minimum absolute atomic E-state index is 0.0300. The summed E-state index contributed by atoms with van der Waals surface area (Å²) in [5.41, 5.74) is -5.16. The molecule has 2 amide bonds. The molecule has 0 spiro atoms. The fraction of sp³-hybridized carbons (Fsp3) is 0.429. The predicted octanol–water partition coefficient (Wildman–Crippen LogP) is 8.27. The van der Waals surface area contributed by atoms with Crippen molar-refractivity contribution in [3.63, 3.8) is 0 Å². The number of hydrogen-bond donors (Lipinski definition) is 2. The van der Waals surface area contributed by atoms with Gasteiger partial charge in [-0.25, -0.2) is 17.6 Å².